The molecule has 0 saturated carbocycles. The lowest BCUT2D eigenvalue weighted by atomic mass is 9.99. The fourth-order valence-corrected chi connectivity index (χ4v) is 7.42. The molecule has 54 heavy (non-hydrogen) atoms. The van der Waals surface area contributed by atoms with Crippen molar-refractivity contribution in [3.8, 4) is 28.3 Å². The second-order valence-corrected chi connectivity index (χ2v) is 13.7. The van der Waals surface area contributed by atoms with Crippen LogP contribution in [-0.4, -0.2) is 64.3 Å². The Morgan fingerprint density at radius 3 is 2.39 bits per heavy atom. The summed E-state index contributed by atoms with van der Waals surface area (Å²) in [7, 11) is 7.69. The molecule has 0 aliphatic heterocycles. The van der Waals surface area contributed by atoms with E-state index in [0.717, 1.165) is 46.1 Å². The van der Waals surface area contributed by atoms with E-state index >= 15 is 0 Å². The smallest absolute Gasteiger partial charge is 0.433 e. The number of aromatic nitrogens is 4. The quantitative estimate of drug-likeness (QED) is 0.134. The fourth-order valence-electron chi connectivity index (χ4n) is 6.82. The number of pyridine rings is 2. The Morgan fingerprint density at radius 2 is 1.70 bits per heavy atom. The fraction of sp³-hybridized carbons (Fsp3) is 0.324. The van der Waals surface area contributed by atoms with Gasteiger partial charge in [0.2, 0.25) is 5.88 Å². The minimum Gasteiger partial charge on any atom is -0.481 e. The molecule has 284 valence electrons. The Labute approximate surface area is 317 Å². The molecule has 1 atom stereocenters. The molecular weight excluding hydrogens is 748 g/mol. The molecule has 0 spiro atoms. The van der Waals surface area contributed by atoms with Crippen molar-refractivity contribution in [1.82, 2.24) is 34.6 Å². The summed E-state index contributed by atoms with van der Waals surface area (Å²) < 4.78 is 49.5. The van der Waals surface area contributed by atoms with E-state index in [0.29, 0.717) is 45.9 Å². The van der Waals surface area contributed by atoms with Crippen molar-refractivity contribution in [1.29, 1.82) is 0 Å². The topological polar surface area (TPSA) is 135 Å². The van der Waals surface area contributed by atoms with Gasteiger partial charge in [0.1, 0.15) is 16.9 Å². The van der Waals surface area contributed by atoms with Crippen LogP contribution in [0.3, 0.4) is 0 Å². The number of urea groups is 1. The molecule has 17 heteroatoms. The van der Waals surface area contributed by atoms with Crippen molar-refractivity contribution in [2.24, 2.45) is 14.1 Å². The highest BCUT2D eigenvalue weighted by Crippen LogP contribution is 2.45. The molecule has 5 aromatic rings. The first-order valence-corrected chi connectivity index (χ1v) is 17.7. The Kier molecular flexibility index (Phi) is 11.0. The van der Waals surface area contributed by atoms with E-state index in [9.17, 15) is 27.6 Å². The number of methoxy groups -OCH3 is 1. The highest BCUT2D eigenvalue weighted by Gasteiger charge is 2.35. The Morgan fingerprint density at radius 1 is 1.02 bits per heavy atom. The van der Waals surface area contributed by atoms with Gasteiger partial charge in [0.25, 0.3) is 5.56 Å². The maximum absolute atomic E-state index is 14.0. The van der Waals surface area contributed by atoms with E-state index in [-0.39, 0.29) is 33.7 Å². The van der Waals surface area contributed by atoms with Crippen molar-refractivity contribution in [3.05, 3.63) is 96.2 Å². The zero-order valence-corrected chi connectivity index (χ0v) is 31.5. The van der Waals surface area contributed by atoms with Crippen molar-refractivity contribution < 1.29 is 22.7 Å². The first kappa shape index (κ1) is 38.6. The number of benzene rings is 2. The molecule has 2 amide bonds. The number of aryl methyl sites for hydroxylation is 2. The number of nitrogens with zero attached hydrogens (tertiary/aromatic N) is 5. The van der Waals surface area contributed by atoms with Crippen LogP contribution in [0.5, 0.6) is 5.88 Å². The molecule has 1 aliphatic rings. The number of nitrogens with one attached hydrogen (secondary N) is 3. The third-order valence-corrected chi connectivity index (χ3v) is 10.4. The third kappa shape index (κ3) is 7.22. The highest BCUT2D eigenvalue weighted by atomic mass is 35.5. The van der Waals surface area contributed by atoms with E-state index in [1.807, 2.05) is 19.2 Å². The third-order valence-electron chi connectivity index (χ3n) is 9.61. The molecule has 0 saturated heterocycles. The second kappa shape index (κ2) is 15.3. The van der Waals surface area contributed by atoms with Crippen molar-refractivity contribution >= 4 is 51.6 Å². The largest absolute Gasteiger partial charge is 0.481 e. The average molecular weight is 786 g/mol. The minimum atomic E-state index is -4.88. The van der Waals surface area contributed by atoms with Crippen LogP contribution in [0.2, 0.25) is 10.0 Å². The standard InChI is InChI=1S/C37H37Cl2F3N8O4/c1-43-35(52)44-15-8-16-48(2)25-14-13-19-17-24(46-33(54-5)28(19)25)22-11-6-9-20(30(22)38)21-10-7-12-23(31(21)39)45-32-29-26(18-27(47-32)37(40,41)42)49(3)36(53)50(4)34(29)51/h6-7,9-12,17-18,25H,8,13-16H2,1-5H3,(H,45,47)(H2,43,44,52). The summed E-state index contributed by atoms with van der Waals surface area (Å²) in [5.74, 6) is 0.0596. The van der Waals surface area contributed by atoms with Gasteiger partial charge < -0.3 is 20.7 Å². The van der Waals surface area contributed by atoms with Crippen molar-refractivity contribution in [3.63, 3.8) is 0 Å². The van der Waals surface area contributed by atoms with E-state index in [1.54, 1.807) is 38.4 Å². The lowest BCUT2D eigenvalue weighted by molar-refractivity contribution is -0.141. The van der Waals surface area contributed by atoms with Crippen LogP contribution in [-0.2, 0) is 26.7 Å². The number of anilines is 2. The summed E-state index contributed by atoms with van der Waals surface area (Å²) in [6.45, 7) is 1.29. The molecule has 6 rings (SSSR count). The summed E-state index contributed by atoms with van der Waals surface area (Å²) in [5.41, 5.74) is 1.22. The van der Waals surface area contributed by atoms with Gasteiger partial charge in [-0.25, -0.2) is 19.6 Å². The van der Waals surface area contributed by atoms with Gasteiger partial charge in [-0.1, -0.05) is 53.5 Å². The van der Waals surface area contributed by atoms with Crippen LogP contribution in [0, 0.1) is 0 Å². The summed E-state index contributed by atoms with van der Waals surface area (Å²) in [6, 6.07) is 12.8. The van der Waals surface area contributed by atoms with Crippen LogP contribution >= 0.6 is 23.2 Å². The summed E-state index contributed by atoms with van der Waals surface area (Å²) in [5, 5.41) is 8.38. The maximum atomic E-state index is 14.0. The second-order valence-electron chi connectivity index (χ2n) is 12.9. The van der Waals surface area contributed by atoms with E-state index in [2.05, 4.69) is 25.8 Å². The van der Waals surface area contributed by atoms with Gasteiger partial charge in [-0.05, 0) is 50.1 Å². The number of rotatable bonds is 10. The summed E-state index contributed by atoms with van der Waals surface area (Å²) >= 11 is 14.0. The van der Waals surface area contributed by atoms with Crippen LogP contribution < -0.4 is 31.9 Å². The molecular formula is C37H37Cl2F3N8O4. The monoisotopic (exact) mass is 784 g/mol. The van der Waals surface area contributed by atoms with Crippen LogP contribution in [0.15, 0.2) is 58.1 Å². The van der Waals surface area contributed by atoms with Crippen LogP contribution in [0.4, 0.5) is 29.5 Å². The number of hydrogen-bond donors (Lipinski definition) is 3. The molecule has 0 radical (unpaired) electrons. The number of alkyl halides is 3. The average Bonchev–Trinajstić information content (AvgIpc) is 3.59. The molecule has 12 nitrogen and oxygen atoms in total. The van der Waals surface area contributed by atoms with E-state index in [1.165, 1.54) is 20.2 Å². The van der Waals surface area contributed by atoms with Gasteiger partial charge in [0.05, 0.1) is 34.1 Å². The lowest BCUT2D eigenvalue weighted by Crippen LogP contribution is -2.37. The zero-order valence-electron chi connectivity index (χ0n) is 30.0. The van der Waals surface area contributed by atoms with Gasteiger partial charge in [0, 0.05) is 62.5 Å². The summed E-state index contributed by atoms with van der Waals surface area (Å²) in [4.78, 5) is 48.2. The van der Waals surface area contributed by atoms with Crippen molar-refractivity contribution in [2.75, 3.05) is 39.6 Å². The first-order valence-electron chi connectivity index (χ1n) is 16.9. The number of amides is 2. The van der Waals surface area contributed by atoms with Gasteiger partial charge in [-0.3, -0.25) is 18.8 Å². The Hall–Kier alpha value is -5.12. The summed E-state index contributed by atoms with van der Waals surface area (Å²) in [6.07, 6.45) is -2.46. The first-order chi connectivity index (χ1) is 25.7. The predicted molar refractivity (Wildman–Crippen MR) is 203 cm³/mol. The zero-order chi connectivity index (χ0) is 39.1. The lowest BCUT2D eigenvalue weighted by Gasteiger charge is -2.26. The number of carbonyl (C=O) groups excluding carboxylic acids is 1. The number of carbonyl (C=O) groups is 1. The highest BCUT2D eigenvalue weighted by molar-refractivity contribution is 6.39. The number of fused-ring (bicyclic) bond motifs is 2. The number of ether oxygens (including phenoxy) is 1. The molecule has 0 fully saturated rings. The van der Waals surface area contributed by atoms with Gasteiger partial charge in [0.15, 0.2) is 0 Å². The van der Waals surface area contributed by atoms with E-state index in [4.69, 9.17) is 32.9 Å². The number of hydrogen-bond acceptors (Lipinski definition) is 8. The molecule has 0 bridgehead atoms. The van der Waals surface area contributed by atoms with Gasteiger partial charge in [-0.15, -0.1) is 0 Å². The molecule has 3 heterocycles. The maximum Gasteiger partial charge on any atom is 0.433 e. The molecule has 1 unspecified atom stereocenters. The van der Waals surface area contributed by atoms with Crippen LogP contribution in [0.25, 0.3) is 33.3 Å². The molecule has 3 N–H and O–H groups in total. The van der Waals surface area contributed by atoms with Crippen LogP contribution in [0.1, 0.15) is 35.7 Å². The molecule has 3 aromatic heterocycles. The molecule has 2 aromatic carbocycles. The SMILES string of the molecule is CNC(=O)NCCCN(C)C1CCc2cc(-c3cccc(-c4cccc(Nc5nc(C(F)(F)F)cc6c5c(=O)n(C)c(=O)n6C)c4Cl)c3Cl)nc(OC)c21. The Balaban J connectivity index is 1.35. The van der Waals surface area contributed by atoms with Crippen molar-refractivity contribution in [2.45, 2.75) is 31.5 Å². The van der Waals surface area contributed by atoms with Gasteiger partial charge >= 0.3 is 17.9 Å². The molecule has 1 aliphatic carbocycles. The van der Waals surface area contributed by atoms with E-state index < -0.39 is 28.9 Å². The predicted octanol–water partition coefficient (Wildman–Crippen LogP) is 6.68. The Bertz CT molecular complexity index is 2400. The normalized spacial score (nSPS) is 14.0. The minimum absolute atomic E-state index is 0.0702. The van der Waals surface area contributed by atoms with Gasteiger partial charge in [-0.2, -0.15) is 13.2 Å². The number of halogens is 5.